The summed E-state index contributed by atoms with van der Waals surface area (Å²) in [6, 6.07) is 0. The maximum Gasteiger partial charge on any atom is -0.0143 e. The van der Waals surface area contributed by atoms with Gasteiger partial charge < -0.3 is 0 Å². The van der Waals surface area contributed by atoms with E-state index in [1.807, 2.05) is 0 Å². The van der Waals surface area contributed by atoms with E-state index in [2.05, 4.69) is 39.8 Å². The molecule has 0 nitrogen and oxygen atoms in total. The summed E-state index contributed by atoms with van der Waals surface area (Å²) < 4.78 is 0. The van der Waals surface area contributed by atoms with Crippen molar-refractivity contribution in [1.29, 1.82) is 0 Å². The molecule has 0 heterocycles. The van der Waals surface area contributed by atoms with Gasteiger partial charge in [-0.15, -0.1) is 0 Å². The predicted octanol–water partition coefficient (Wildman–Crippen LogP) is 3.24. The standard InChI is InChI=1S/C11H18/c1-10(2)5-6-11(3,4)9-7-8(9)10/h5-6,8-9H,7H2,1-4H3. The number of hydrogen-bond acceptors (Lipinski definition) is 0. The lowest BCUT2D eigenvalue weighted by Gasteiger charge is -2.32. The van der Waals surface area contributed by atoms with Crippen LogP contribution >= 0.6 is 0 Å². The highest BCUT2D eigenvalue weighted by Crippen LogP contribution is 2.62. The van der Waals surface area contributed by atoms with E-state index in [0.717, 1.165) is 11.8 Å². The second-order valence-corrected chi connectivity index (χ2v) is 5.42. The SMILES string of the molecule is CC1(C)C=CC(C)(C)C2CC21. The molecule has 62 valence electrons. The average Bonchev–Trinajstić information content (AvgIpc) is 2.59. The lowest BCUT2D eigenvalue weighted by atomic mass is 9.73. The summed E-state index contributed by atoms with van der Waals surface area (Å²) in [5.74, 6) is 1.95. The topological polar surface area (TPSA) is 0 Å². The zero-order valence-corrected chi connectivity index (χ0v) is 8.02. The number of rotatable bonds is 0. The molecule has 0 bridgehead atoms. The molecule has 2 aliphatic rings. The number of fused-ring (bicyclic) bond motifs is 1. The molecule has 0 N–H and O–H groups in total. The second kappa shape index (κ2) is 1.73. The first-order chi connectivity index (χ1) is 4.93. The van der Waals surface area contributed by atoms with Crippen LogP contribution in [-0.2, 0) is 0 Å². The molecular formula is C11H18. The summed E-state index contributed by atoms with van der Waals surface area (Å²) in [7, 11) is 0. The lowest BCUT2D eigenvalue weighted by Crippen LogP contribution is -2.24. The normalized spacial score (nSPS) is 43.3. The Hall–Kier alpha value is -0.260. The summed E-state index contributed by atoms with van der Waals surface area (Å²) in [5, 5.41) is 0. The molecule has 0 aromatic rings. The van der Waals surface area contributed by atoms with E-state index in [9.17, 15) is 0 Å². The van der Waals surface area contributed by atoms with Crippen molar-refractivity contribution in [2.45, 2.75) is 34.1 Å². The minimum atomic E-state index is 0.486. The summed E-state index contributed by atoms with van der Waals surface area (Å²) in [4.78, 5) is 0. The van der Waals surface area contributed by atoms with E-state index in [1.165, 1.54) is 6.42 Å². The van der Waals surface area contributed by atoms with Gasteiger partial charge in [0, 0.05) is 0 Å². The molecule has 0 aromatic heterocycles. The Morgan fingerprint density at radius 3 is 1.64 bits per heavy atom. The molecule has 2 aliphatic carbocycles. The van der Waals surface area contributed by atoms with Gasteiger partial charge in [-0.1, -0.05) is 39.8 Å². The Balaban J connectivity index is 2.30. The van der Waals surface area contributed by atoms with Gasteiger partial charge in [-0.05, 0) is 29.1 Å². The monoisotopic (exact) mass is 150 g/mol. The minimum absolute atomic E-state index is 0.486. The molecule has 0 amide bonds. The molecule has 0 radical (unpaired) electrons. The molecule has 0 spiro atoms. The summed E-state index contributed by atoms with van der Waals surface area (Å²) in [6.45, 7) is 9.46. The summed E-state index contributed by atoms with van der Waals surface area (Å²) >= 11 is 0. The van der Waals surface area contributed by atoms with Crippen molar-refractivity contribution >= 4 is 0 Å². The van der Waals surface area contributed by atoms with E-state index < -0.39 is 0 Å². The van der Waals surface area contributed by atoms with Gasteiger partial charge in [-0.25, -0.2) is 0 Å². The van der Waals surface area contributed by atoms with Crippen LogP contribution in [0.4, 0.5) is 0 Å². The maximum absolute atomic E-state index is 2.42. The smallest absolute Gasteiger partial charge is 0.0143 e. The minimum Gasteiger partial charge on any atom is -0.0820 e. The van der Waals surface area contributed by atoms with E-state index in [1.54, 1.807) is 0 Å². The largest absolute Gasteiger partial charge is 0.0820 e. The first-order valence-corrected chi connectivity index (χ1v) is 4.64. The van der Waals surface area contributed by atoms with Crippen molar-refractivity contribution in [2.24, 2.45) is 22.7 Å². The first kappa shape index (κ1) is 7.39. The van der Waals surface area contributed by atoms with Gasteiger partial charge in [-0.2, -0.15) is 0 Å². The fourth-order valence-electron chi connectivity index (χ4n) is 2.52. The molecule has 1 fully saturated rings. The third-order valence-corrected chi connectivity index (χ3v) is 3.64. The Morgan fingerprint density at radius 1 is 0.909 bits per heavy atom. The van der Waals surface area contributed by atoms with Crippen molar-refractivity contribution < 1.29 is 0 Å². The molecule has 2 atom stereocenters. The Kier molecular flexibility index (Phi) is 1.16. The van der Waals surface area contributed by atoms with Crippen molar-refractivity contribution in [3.05, 3.63) is 12.2 Å². The van der Waals surface area contributed by atoms with E-state index in [4.69, 9.17) is 0 Å². The van der Waals surface area contributed by atoms with Crippen molar-refractivity contribution in [3.8, 4) is 0 Å². The maximum atomic E-state index is 2.42. The second-order valence-electron chi connectivity index (χ2n) is 5.42. The molecule has 0 heteroatoms. The van der Waals surface area contributed by atoms with Crippen LogP contribution in [0.2, 0.25) is 0 Å². The predicted molar refractivity (Wildman–Crippen MR) is 48.3 cm³/mol. The molecule has 1 saturated carbocycles. The van der Waals surface area contributed by atoms with Gasteiger partial charge in [0.1, 0.15) is 0 Å². The first-order valence-electron chi connectivity index (χ1n) is 4.64. The molecule has 2 unspecified atom stereocenters. The Morgan fingerprint density at radius 2 is 1.27 bits per heavy atom. The average molecular weight is 150 g/mol. The van der Waals surface area contributed by atoms with Gasteiger partial charge in [0.05, 0.1) is 0 Å². The molecule has 11 heavy (non-hydrogen) atoms. The molecule has 2 rings (SSSR count). The van der Waals surface area contributed by atoms with Crippen molar-refractivity contribution in [3.63, 3.8) is 0 Å². The van der Waals surface area contributed by atoms with Gasteiger partial charge >= 0.3 is 0 Å². The molecular weight excluding hydrogens is 132 g/mol. The Labute approximate surface area is 69.7 Å². The fraction of sp³-hybridized carbons (Fsp3) is 0.818. The van der Waals surface area contributed by atoms with Crippen molar-refractivity contribution in [1.82, 2.24) is 0 Å². The van der Waals surface area contributed by atoms with Crippen LogP contribution in [0.15, 0.2) is 12.2 Å². The van der Waals surface area contributed by atoms with Crippen LogP contribution in [-0.4, -0.2) is 0 Å². The third kappa shape index (κ3) is 0.953. The lowest BCUT2D eigenvalue weighted by molar-refractivity contribution is 0.277. The highest BCUT2D eigenvalue weighted by atomic mass is 14.6. The van der Waals surface area contributed by atoms with E-state index in [0.29, 0.717) is 10.8 Å². The molecule has 0 aromatic carbocycles. The van der Waals surface area contributed by atoms with Gasteiger partial charge in [-0.3, -0.25) is 0 Å². The zero-order chi connectivity index (χ0) is 8.28. The molecule has 0 aliphatic heterocycles. The van der Waals surface area contributed by atoms with E-state index >= 15 is 0 Å². The van der Waals surface area contributed by atoms with Crippen LogP contribution in [0.5, 0.6) is 0 Å². The molecule has 0 saturated heterocycles. The third-order valence-electron chi connectivity index (χ3n) is 3.64. The number of allylic oxidation sites excluding steroid dienone is 2. The Bertz CT molecular complexity index is 186. The fourth-order valence-corrected chi connectivity index (χ4v) is 2.52. The highest BCUT2D eigenvalue weighted by Gasteiger charge is 2.54. The zero-order valence-electron chi connectivity index (χ0n) is 8.02. The van der Waals surface area contributed by atoms with Crippen LogP contribution < -0.4 is 0 Å². The van der Waals surface area contributed by atoms with Crippen LogP contribution in [0, 0.1) is 22.7 Å². The van der Waals surface area contributed by atoms with Crippen LogP contribution in [0.25, 0.3) is 0 Å². The van der Waals surface area contributed by atoms with Crippen LogP contribution in [0.3, 0.4) is 0 Å². The van der Waals surface area contributed by atoms with Gasteiger partial charge in [0.15, 0.2) is 0 Å². The quantitative estimate of drug-likeness (QED) is 0.465. The van der Waals surface area contributed by atoms with Crippen molar-refractivity contribution in [2.75, 3.05) is 0 Å². The van der Waals surface area contributed by atoms with Gasteiger partial charge in [0.25, 0.3) is 0 Å². The number of hydrogen-bond donors (Lipinski definition) is 0. The van der Waals surface area contributed by atoms with E-state index in [-0.39, 0.29) is 0 Å². The van der Waals surface area contributed by atoms with Crippen LogP contribution in [0.1, 0.15) is 34.1 Å². The highest BCUT2D eigenvalue weighted by molar-refractivity contribution is 5.20. The van der Waals surface area contributed by atoms with Gasteiger partial charge in [0.2, 0.25) is 0 Å². The summed E-state index contributed by atoms with van der Waals surface area (Å²) in [5.41, 5.74) is 0.973. The summed E-state index contributed by atoms with van der Waals surface area (Å²) in [6.07, 6.45) is 6.29.